The molecule has 0 spiro atoms. The third-order valence-corrected chi connectivity index (χ3v) is 2.46. The van der Waals surface area contributed by atoms with Gasteiger partial charge in [-0.25, -0.2) is 0 Å². The van der Waals surface area contributed by atoms with Crippen LogP contribution in [0.3, 0.4) is 0 Å². The summed E-state index contributed by atoms with van der Waals surface area (Å²) in [5.74, 6) is -0.0391. The lowest BCUT2D eigenvalue weighted by atomic mass is 10.2. The van der Waals surface area contributed by atoms with Gasteiger partial charge in [-0.05, 0) is 18.6 Å². The first kappa shape index (κ1) is 13.7. The van der Waals surface area contributed by atoms with Crippen LogP contribution in [-0.4, -0.2) is 25.7 Å². The van der Waals surface area contributed by atoms with Crippen molar-refractivity contribution in [1.29, 1.82) is 0 Å². The standard InChI is InChI=1S/C14H21NO2/c1-2-3-7-11-17-12-10-15-14(16)13-8-5-4-6-9-13/h4-6,8-9H,2-3,7,10-12H2,1H3,(H,15,16). The maximum Gasteiger partial charge on any atom is 0.251 e. The molecule has 0 atom stereocenters. The van der Waals surface area contributed by atoms with Gasteiger partial charge in [-0.1, -0.05) is 38.0 Å². The number of nitrogens with one attached hydrogen (secondary N) is 1. The van der Waals surface area contributed by atoms with E-state index in [4.69, 9.17) is 4.74 Å². The third kappa shape index (κ3) is 6.07. The highest BCUT2D eigenvalue weighted by Gasteiger charge is 2.02. The number of benzene rings is 1. The molecule has 17 heavy (non-hydrogen) atoms. The molecule has 0 radical (unpaired) electrons. The van der Waals surface area contributed by atoms with E-state index in [2.05, 4.69) is 12.2 Å². The zero-order valence-electron chi connectivity index (χ0n) is 10.4. The molecule has 0 heterocycles. The van der Waals surface area contributed by atoms with Crippen LogP contribution in [0.5, 0.6) is 0 Å². The smallest absolute Gasteiger partial charge is 0.251 e. The molecule has 0 aliphatic heterocycles. The molecular weight excluding hydrogens is 214 g/mol. The largest absolute Gasteiger partial charge is 0.380 e. The van der Waals surface area contributed by atoms with Crippen molar-refractivity contribution in [1.82, 2.24) is 5.32 Å². The van der Waals surface area contributed by atoms with Gasteiger partial charge in [-0.15, -0.1) is 0 Å². The van der Waals surface area contributed by atoms with Crippen molar-refractivity contribution in [3.05, 3.63) is 35.9 Å². The Balaban J connectivity index is 2.05. The van der Waals surface area contributed by atoms with E-state index in [1.807, 2.05) is 18.2 Å². The zero-order chi connectivity index (χ0) is 12.3. The topological polar surface area (TPSA) is 38.3 Å². The second-order valence-corrected chi connectivity index (χ2v) is 3.94. The summed E-state index contributed by atoms with van der Waals surface area (Å²) in [6.07, 6.45) is 3.51. The molecule has 1 aromatic rings. The molecule has 0 aliphatic rings. The van der Waals surface area contributed by atoms with Gasteiger partial charge >= 0.3 is 0 Å². The first-order valence-corrected chi connectivity index (χ1v) is 6.25. The Labute approximate surface area is 103 Å². The Morgan fingerprint density at radius 1 is 1.18 bits per heavy atom. The number of ether oxygens (including phenoxy) is 1. The SMILES string of the molecule is CCCCCOCCNC(=O)c1ccccc1. The van der Waals surface area contributed by atoms with Crippen molar-refractivity contribution in [3.63, 3.8) is 0 Å². The number of hydrogen-bond acceptors (Lipinski definition) is 2. The molecule has 94 valence electrons. The summed E-state index contributed by atoms with van der Waals surface area (Å²) in [6, 6.07) is 9.22. The molecular formula is C14H21NO2. The minimum absolute atomic E-state index is 0.0391. The lowest BCUT2D eigenvalue weighted by Gasteiger charge is -2.06. The molecule has 0 aliphatic carbocycles. The minimum atomic E-state index is -0.0391. The average Bonchev–Trinajstić information content (AvgIpc) is 2.38. The van der Waals surface area contributed by atoms with Crippen LogP contribution in [0.15, 0.2) is 30.3 Å². The van der Waals surface area contributed by atoms with E-state index in [0.29, 0.717) is 18.7 Å². The normalized spacial score (nSPS) is 10.2. The van der Waals surface area contributed by atoms with Crippen LogP contribution in [0, 0.1) is 0 Å². The van der Waals surface area contributed by atoms with Crippen molar-refractivity contribution in [3.8, 4) is 0 Å². The van der Waals surface area contributed by atoms with Crippen molar-refractivity contribution in [2.75, 3.05) is 19.8 Å². The lowest BCUT2D eigenvalue weighted by Crippen LogP contribution is -2.27. The number of amides is 1. The van der Waals surface area contributed by atoms with Crippen LogP contribution in [0.1, 0.15) is 36.5 Å². The van der Waals surface area contributed by atoms with Gasteiger partial charge in [0.05, 0.1) is 6.61 Å². The minimum Gasteiger partial charge on any atom is -0.380 e. The predicted octanol–water partition coefficient (Wildman–Crippen LogP) is 2.62. The summed E-state index contributed by atoms with van der Waals surface area (Å²) in [5.41, 5.74) is 0.693. The summed E-state index contributed by atoms with van der Waals surface area (Å²) in [7, 11) is 0. The Bertz CT molecular complexity index is 311. The number of carbonyl (C=O) groups is 1. The Kier molecular flexibility index (Phi) is 7.07. The van der Waals surface area contributed by atoms with Crippen LogP contribution in [-0.2, 0) is 4.74 Å². The van der Waals surface area contributed by atoms with E-state index in [1.54, 1.807) is 12.1 Å². The van der Waals surface area contributed by atoms with Gasteiger partial charge in [0.15, 0.2) is 0 Å². The molecule has 1 aromatic carbocycles. The van der Waals surface area contributed by atoms with Crippen molar-refractivity contribution in [2.24, 2.45) is 0 Å². The second kappa shape index (κ2) is 8.76. The molecule has 0 unspecified atom stereocenters. The number of unbranched alkanes of at least 4 members (excludes halogenated alkanes) is 2. The zero-order valence-corrected chi connectivity index (χ0v) is 10.4. The van der Waals surface area contributed by atoms with Crippen molar-refractivity contribution >= 4 is 5.91 Å². The summed E-state index contributed by atoms with van der Waals surface area (Å²) in [4.78, 5) is 11.6. The van der Waals surface area contributed by atoms with E-state index in [1.165, 1.54) is 12.8 Å². The van der Waals surface area contributed by atoms with Gasteiger partial charge < -0.3 is 10.1 Å². The summed E-state index contributed by atoms with van der Waals surface area (Å²) < 4.78 is 5.41. The first-order chi connectivity index (χ1) is 8.34. The predicted molar refractivity (Wildman–Crippen MR) is 69.1 cm³/mol. The van der Waals surface area contributed by atoms with Gasteiger partial charge in [0.25, 0.3) is 5.91 Å². The molecule has 0 saturated heterocycles. The summed E-state index contributed by atoms with van der Waals surface area (Å²) >= 11 is 0. The highest BCUT2D eigenvalue weighted by Crippen LogP contribution is 1.97. The fourth-order valence-electron chi connectivity index (χ4n) is 1.48. The van der Waals surface area contributed by atoms with E-state index >= 15 is 0 Å². The number of carbonyl (C=O) groups excluding carboxylic acids is 1. The fraction of sp³-hybridized carbons (Fsp3) is 0.500. The summed E-state index contributed by atoms with van der Waals surface area (Å²) in [6.45, 7) is 4.11. The van der Waals surface area contributed by atoms with E-state index in [0.717, 1.165) is 13.0 Å². The van der Waals surface area contributed by atoms with Gasteiger partial charge in [0.1, 0.15) is 0 Å². The van der Waals surface area contributed by atoms with Crippen LogP contribution >= 0.6 is 0 Å². The highest BCUT2D eigenvalue weighted by molar-refractivity contribution is 5.94. The van der Waals surface area contributed by atoms with Crippen molar-refractivity contribution in [2.45, 2.75) is 26.2 Å². The number of hydrogen-bond donors (Lipinski definition) is 1. The van der Waals surface area contributed by atoms with Gasteiger partial charge in [-0.2, -0.15) is 0 Å². The molecule has 1 amide bonds. The Hall–Kier alpha value is -1.35. The molecule has 3 nitrogen and oxygen atoms in total. The average molecular weight is 235 g/mol. The van der Waals surface area contributed by atoms with E-state index in [9.17, 15) is 4.79 Å². The molecule has 1 N–H and O–H groups in total. The molecule has 1 rings (SSSR count). The van der Waals surface area contributed by atoms with Crippen LogP contribution in [0.4, 0.5) is 0 Å². The third-order valence-electron chi connectivity index (χ3n) is 2.46. The molecule has 0 fully saturated rings. The molecule has 3 heteroatoms. The second-order valence-electron chi connectivity index (χ2n) is 3.94. The highest BCUT2D eigenvalue weighted by atomic mass is 16.5. The first-order valence-electron chi connectivity index (χ1n) is 6.25. The van der Waals surface area contributed by atoms with E-state index < -0.39 is 0 Å². The Morgan fingerprint density at radius 3 is 2.65 bits per heavy atom. The molecule has 0 saturated carbocycles. The van der Waals surface area contributed by atoms with Gasteiger partial charge in [0.2, 0.25) is 0 Å². The maximum atomic E-state index is 11.6. The van der Waals surface area contributed by atoms with Gasteiger partial charge in [0, 0.05) is 18.7 Å². The van der Waals surface area contributed by atoms with Gasteiger partial charge in [-0.3, -0.25) is 4.79 Å². The van der Waals surface area contributed by atoms with Crippen LogP contribution < -0.4 is 5.32 Å². The number of rotatable bonds is 8. The van der Waals surface area contributed by atoms with Crippen LogP contribution in [0.25, 0.3) is 0 Å². The molecule has 0 bridgehead atoms. The fourth-order valence-corrected chi connectivity index (χ4v) is 1.48. The monoisotopic (exact) mass is 235 g/mol. The maximum absolute atomic E-state index is 11.6. The van der Waals surface area contributed by atoms with Crippen molar-refractivity contribution < 1.29 is 9.53 Å². The quantitative estimate of drug-likeness (QED) is 0.703. The van der Waals surface area contributed by atoms with E-state index in [-0.39, 0.29) is 5.91 Å². The lowest BCUT2D eigenvalue weighted by molar-refractivity contribution is 0.0912. The summed E-state index contributed by atoms with van der Waals surface area (Å²) in [5, 5.41) is 2.83. The Morgan fingerprint density at radius 2 is 1.94 bits per heavy atom. The van der Waals surface area contributed by atoms with Crippen LogP contribution in [0.2, 0.25) is 0 Å². The molecule has 0 aromatic heterocycles.